The fraction of sp³-hybridized carbons (Fsp3) is 0.189. The van der Waals surface area contributed by atoms with Gasteiger partial charge in [0.2, 0.25) is 0 Å². The highest BCUT2D eigenvalue weighted by Crippen LogP contribution is 2.31. The summed E-state index contributed by atoms with van der Waals surface area (Å²) in [4.78, 5) is 52.3. The summed E-state index contributed by atoms with van der Waals surface area (Å²) in [6.07, 6.45) is 32.2. The molecule has 0 spiro atoms. The molecular weight excluding hydrogens is 1770 g/mol. The van der Waals surface area contributed by atoms with Crippen molar-refractivity contribution in [2.24, 2.45) is 17.2 Å². The van der Waals surface area contributed by atoms with Gasteiger partial charge < -0.3 is 90.6 Å². The van der Waals surface area contributed by atoms with E-state index in [1.165, 1.54) is 0 Å². The van der Waals surface area contributed by atoms with E-state index in [2.05, 4.69) is 88.7 Å². The highest BCUT2D eigenvalue weighted by atomic mass is 16.3. The Kier molecular flexibility index (Phi) is 36.3. The highest BCUT2D eigenvalue weighted by Gasteiger charge is 2.23. The number of aliphatic hydroxyl groups excluding tert-OH is 3. The van der Waals surface area contributed by atoms with Crippen LogP contribution in [-0.2, 0) is 97.1 Å². The van der Waals surface area contributed by atoms with Crippen molar-refractivity contribution in [2.45, 2.75) is 136 Å². The molecule has 0 aliphatic carbocycles. The van der Waals surface area contributed by atoms with Crippen molar-refractivity contribution < 1.29 is 46.0 Å². The molecule has 3 atom stereocenters. The van der Waals surface area contributed by atoms with Gasteiger partial charge in [0.1, 0.15) is 40.2 Å². The van der Waals surface area contributed by atoms with E-state index in [-0.39, 0.29) is 34.5 Å². The number of imidazole rings is 6. The fourth-order valence-corrected chi connectivity index (χ4v) is 16.0. The lowest BCUT2D eigenvalue weighted by Crippen LogP contribution is -2.11. The number of aromatic nitrogens is 18. The summed E-state index contributed by atoms with van der Waals surface area (Å²) in [6.45, 7) is 20.4. The number of phenols is 6. The van der Waals surface area contributed by atoms with Crippen LogP contribution in [0.2, 0.25) is 0 Å². The molecule has 18 aromatic rings. The lowest BCUT2D eigenvalue weighted by atomic mass is 10.1. The fourth-order valence-electron chi connectivity index (χ4n) is 16.0. The van der Waals surface area contributed by atoms with Crippen LogP contribution in [0, 0.1) is 0 Å². The van der Waals surface area contributed by atoms with Crippen LogP contribution < -0.4 is 17.2 Å². The molecule has 0 amide bonds. The number of aliphatic hydroxyl groups is 3. The van der Waals surface area contributed by atoms with Crippen LogP contribution in [0.4, 0.5) is 0 Å². The second kappa shape index (κ2) is 50.6. The second-order valence-electron chi connectivity index (χ2n) is 34.2. The molecule has 0 saturated carbocycles. The third-order valence-electron chi connectivity index (χ3n) is 22.3. The maximum Gasteiger partial charge on any atom is 0.115 e. The summed E-state index contributed by atoms with van der Waals surface area (Å²) in [7, 11) is 0. The molecule has 30 nitrogen and oxygen atoms in total. The van der Waals surface area contributed by atoms with Crippen LogP contribution in [0.1, 0.15) is 122 Å². The van der Waals surface area contributed by atoms with Gasteiger partial charge in [-0.25, -0.2) is 29.9 Å². The molecule has 720 valence electrons. The van der Waals surface area contributed by atoms with Gasteiger partial charge in [-0.2, -0.15) is 0 Å². The van der Waals surface area contributed by atoms with E-state index in [4.69, 9.17) is 17.2 Å². The van der Waals surface area contributed by atoms with Crippen molar-refractivity contribution in [3.63, 3.8) is 0 Å². The van der Waals surface area contributed by atoms with Crippen LogP contribution in [0.25, 0.3) is 33.9 Å². The number of nitrogens with two attached hydrogens (primary N) is 3. The van der Waals surface area contributed by atoms with Gasteiger partial charge in [-0.15, -0.1) is 0 Å². The summed E-state index contributed by atoms with van der Waals surface area (Å²) in [5.74, 6) is 1.50. The van der Waals surface area contributed by atoms with Crippen LogP contribution in [0.3, 0.4) is 0 Å². The maximum atomic E-state index is 9.84. The first-order valence-corrected chi connectivity index (χ1v) is 45.9. The Hall–Kier alpha value is -17.2. The number of allylic oxidation sites excluding steroid dienone is 3. The van der Waals surface area contributed by atoms with Crippen LogP contribution in [0.5, 0.6) is 34.5 Å². The Bertz CT molecular complexity index is 6360. The average molecular weight is 1890 g/mol. The van der Waals surface area contributed by atoms with E-state index in [0.717, 1.165) is 142 Å². The second-order valence-corrected chi connectivity index (χ2v) is 34.2. The van der Waals surface area contributed by atoms with E-state index in [1.807, 2.05) is 195 Å². The largest absolute Gasteiger partial charge is 0.508 e. The lowest BCUT2D eigenvalue weighted by molar-refractivity contribution is 0.192. The molecule has 30 heteroatoms. The molecule has 0 saturated heterocycles. The van der Waals surface area contributed by atoms with Gasteiger partial charge in [0.15, 0.2) is 0 Å². The first-order valence-electron chi connectivity index (χ1n) is 45.9. The maximum absolute atomic E-state index is 9.84. The predicted octanol–water partition coefficient (Wildman–Crippen LogP) is 15.8. The van der Waals surface area contributed by atoms with Gasteiger partial charge >= 0.3 is 0 Å². The minimum absolute atomic E-state index is 0.240. The zero-order valence-corrected chi connectivity index (χ0v) is 78.9. The smallest absolute Gasteiger partial charge is 0.115 e. The summed E-state index contributed by atoms with van der Waals surface area (Å²) >= 11 is 0. The molecule has 12 aromatic heterocycles. The molecule has 12 heterocycles. The van der Waals surface area contributed by atoms with Crippen molar-refractivity contribution in [3.8, 4) is 68.4 Å². The first kappa shape index (κ1) is 101. The molecule has 0 radical (unpaired) electrons. The number of pyridine rings is 6. The van der Waals surface area contributed by atoms with Crippen LogP contribution in [0.15, 0.2) is 367 Å². The minimum Gasteiger partial charge on any atom is -0.508 e. The van der Waals surface area contributed by atoms with Gasteiger partial charge in [-0.3, -0.25) is 29.9 Å². The van der Waals surface area contributed by atoms with E-state index >= 15 is 0 Å². The van der Waals surface area contributed by atoms with Crippen LogP contribution in [-0.4, -0.2) is 151 Å². The number of hydrogen-bond donors (Lipinski definition) is 12. The topological polar surface area (TPSA) is 444 Å². The molecule has 0 aliphatic heterocycles. The minimum atomic E-state index is -0.475. The average Bonchev–Trinajstić information content (AvgIpc) is 1.68. The molecule has 0 fully saturated rings. The van der Waals surface area contributed by atoms with E-state index in [1.54, 1.807) is 175 Å². The van der Waals surface area contributed by atoms with Gasteiger partial charge in [-0.05, 0) is 205 Å². The third kappa shape index (κ3) is 30.9. The molecule has 3 unspecified atom stereocenters. The van der Waals surface area contributed by atoms with Crippen molar-refractivity contribution in [2.75, 3.05) is 0 Å². The first-order chi connectivity index (χ1) is 68.2. The molecular formula is C111H117N21O9. The Morgan fingerprint density at radius 1 is 0.277 bits per heavy atom. The Balaban J connectivity index is 0.000000142. The number of rotatable bonds is 33. The van der Waals surface area contributed by atoms with Crippen LogP contribution >= 0.6 is 0 Å². The Morgan fingerprint density at radius 2 is 0.596 bits per heavy atom. The summed E-state index contributed by atoms with van der Waals surface area (Å²) in [5.41, 5.74) is 42.5. The molecule has 6 aromatic carbocycles. The highest BCUT2D eigenvalue weighted by molar-refractivity contribution is 5.63. The van der Waals surface area contributed by atoms with Crippen molar-refractivity contribution in [1.29, 1.82) is 0 Å². The monoisotopic (exact) mass is 1890 g/mol. The van der Waals surface area contributed by atoms with E-state index in [9.17, 15) is 46.0 Å². The summed E-state index contributed by atoms with van der Waals surface area (Å²) < 4.78 is 12.2. The van der Waals surface area contributed by atoms with Gasteiger partial charge in [0.05, 0.1) is 90.4 Å². The molecule has 0 bridgehead atoms. The van der Waals surface area contributed by atoms with Gasteiger partial charge in [0.25, 0.3) is 0 Å². The van der Waals surface area contributed by atoms with Crippen molar-refractivity contribution >= 4 is 0 Å². The number of phenolic OH excluding ortho intramolecular Hbond substituents is 6. The van der Waals surface area contributed by atoms with Gasteiger partial charge in [0, 0.05) is 227 Å². The van der Waals surface area contributed by atoms with Crippen molar-refractivity contribution in [1.82, 2.24) is 87.2 Å². The Morgan fingerprint density at radius 3 is 0.929 bits per heavy atom. The number of hydrogen-bond acceptors (Lipinski definition) is 24. The van der Waals surface area contributed by atoms with Gasteiger partial charge in [-0.1, -0.05) is 111 Å². The van der Waals surface area contributed by atoms with E-state index < -0.39 is 18.3 Å². The summed E-state index contributed by atoms with van der Waals surface area (Å²) in [5, 5.41) is 87.3. The van der Waals surface area contributed by atoms with E-state index in [0.29, 0.717) is 108 Å². The number of benzene rings is 6. The summed E-state index contributed by atoms with van der Waals surface area (Å²) in [6, 6.07) is 70.2. The van der Waals surface area contributed by atoms with Crippen molar-refractivity contribution in [3.05, 3.63) is 469 Å². The SMILES string of the molecule is C=C(N)Cc1c(Cc2ccccn2)ncn1Cc1cccc(O)c1.C=C(N)Cc1c(Cc2cccnc2)ncn1Cc1cccc(O)c1.C=C(N)Cc1c(Cc2ccncc2)ncn1Cc1cccc(O)c1.CC(O)Cc1c(-c2ccccn2)ncn1Cc1cccc(O)c1.CC(O)Cc1c(-c2cccnc2)ncn1Cc1cccc(O)c1.CC(O)Cc1c(-c2ccncc2)ncn1Cc1cccc(O)c1. The zero-order valence-electron chi connectivity index (χ0n) is 78.9. The predicted molar refractivity (Wildman–Crippen MR) is 545 cm³/mol. The quantitative estimate of drug-likeness (QED) is 0.0182. The third-order valence-corrected chi connectivity index (χ3v) is 22.3. The number of aromatic hydroxyl groups is 6. The standard InChI is InChI=1S/3C19H20N4O.3C18H19N3O2/c1-14(20)8-19-18(10-15-5-3-7-21-11-15)22-13-23(19)12-16-4-2-6-17(24)9-16;1-14(20)9-19-18(11-16-6-2-3-8-21-16)22-13-23(19)12-15-5-4-7-17(24)10-15;1-14(20)9-19-18(11-15-5-7-21-8-6-15)22-13-23(19)12-16-3-2-4-17(24)10-16;1-13(22)8-17-18(15-5-3-7-19-10-15)20-12-21(17)11-14-4-2-6-16(23)9-14;1-13(22)9-17-18(16-7-2-3-8-19-16)20-12-21(17)11-14-5-4-6-15(23)10-14;1-13(22)9-17-18(15-5-7-19-8-6-15)20-12-21(17)11-14-3-2-4-16(23)10-14/h2-7,9,11,13,24H,1,8,10,12,20H2;2*2-8,10,13,24H,1,9,11-12,20H2;2-7,9-10,12-13,22-23H,8,11H2,1H3;2*2-8,10,12-13,22-23H,9,11H2,1H3. The zero-order chi connectivity index (χ0) is 99.5. The number of nitrogens with zero attached hydrogens (tertiary/aromatic N) is 18. The normalized spacial score (nSPS) is 11.4. The lowest BCUT2D eigenvalue weighted by Gasteiger charge is -2.12. The Labute approximate surface area is 819 Å². The molecule has 141 heavy (non-hydrogen) atoms. The molecule has 18 rings (SSSR count). The molecule has 15 N–H and O–H groups in total. The molecule has 0 aliphatic rings.